The van der Waals surface area contributed by atoms with Gasteiger partial charge in [0.15, 0.2) is 5.76 Å². The van der Waals surface area contributed by atoms with Gasteiger partial charge in [-0.15, -0.1) is 0 Å². The number of carbonyl (C=O) groups excluding carboxylic acids is 2. The zero-order valence-electron chi connectivity index (χ0n) is 16.6. The molecule has 1 N–H and O–H groups in total. The van der Waals surface area contributed by atoms with E-state index in [-0.39, 0.29) is 22.6 Å². The van der Waals surface area contributed by atoms with E-state index in [2.05, 4.69) is 10.1 Å². The predicted molar refractivity (Wildman–Crippen MR) is 105 cm³/mol. The van der Waals surface area contributed by atoms with Crippen LogP contribution in [-0.4, -0.2) is 50.8 Å². The number of furan rings is 1. The van der Waals surface area contributed by atoms with Crippen molar-refractivity contribution in [2.45, 2.75) is 37.6 Å². The third-order valence-electron chi connectivity index (χ3n) is 4.97. The Labute approximate surface area is 169 Å². The fourth-order valence-corrected chi connectivity index (χ4v) is 5.05. The van der Waals surface area contributed by atoms with Crippen molar-refractivity contribution in [2.24, 2.45) is 0 Å². The van der Waals surface area contributed by atoms with E-state index < -0.39 is 16.0 Å². The maximum atomic E-state index is 13.0. The molecule has 156 valence electrons. The van der Waals surface area contributed by atoms with Crippen molar-refractivity contribution < 1.29 is 27.2 Å². The van der Waals surface area contributed by atoms with E-state index >= 15 is 0 Å². The van der Waals surface area contributed by atoms with Crippen LogP contribution in [-0.2, 0) is 14.8 Å². The standard InChI is InChI=1S/C20H24N2O6S/c1-13-12-15(20(24)27-3)5-7-18(13)29(25,26)22-10-8-16(9-11-22)21-19(23)17-6-4-14(2)28-17/h4-7,12,16H,8-11H2,1-3H3,(H,21,23). The molecule has 8 nitrogen and oxygen atoms in total. The van der Waals surface area contributed by atoms with Gasteiger partial charge in [0.25, 0.3) is 5.91 Å². The van der Waals surface area contributed by atoms with Crippen LogP contribution in [0.15, 0.2) is 39.6 Å². The van der Waals surface area contributed by atoms with Crippen LogP contribution in [0.5, 0.6) is 0 Å². The maximum absolute atomic E-state index is 13.0. The number of nitrogens with one attached hydrogen (secondary N) is 1. The van der Waals surface area contributed by atoms with Gasteiger partial charge in [-0.05, 0) is 62.6 Å². The third-order valence-corrected chi connectivity index (χ3v) is 7.03. The number of amides is 1. The molecule has 2 aromatic rings. The summed E-state index contributed by atoms with van der Waals surface area (Å²) in [4.78, 5) is 24.0. The average Bonchev–Trinajstić information content (AvgIpc) is 3.14. The zero-order valence-corrected chi connectivity index (χ0v) is 17.4. The van der Waals surface area contributed by atoms with Crippen molar-refractivity contribution in [3.63, 3.8) is 0 Å². The Hall–Kier alpha value is -2.65. The van der Waals surface area contributed by atoms with Gasteiger partial charge in [-0.1, -0.05) is 0 Å². The molecule has 1 aliphatic heterocycles. The highest BCUT2D eigenvalue weighted by molar-refractivity contribution is 7.89. The van der Waals surface area contributed by atoms with Crippen LogP contribution in [0.2, 0.25) is 0 Å². The summed E-state index contributed by atoms with van der Waals surface area (Å²) in [5, 5.41) is 2.89. The minimum atomic E-state index is -3.69. The molecular weight excluding hydrogens is 396 g/mol. The van der Waals surface area contributed by atoms with Gasteiger partial charge in [-0.2, -0.15) is 4.31 Å². The Balaban J connectivity index is 1.65. The SMILES string of the molecule is COC(=O)c1ccc(S(=O)(=O)N2CCC(NC(=O)c3ccc(C)o3)CC2)c(C)c1. The molecule has 29 heavy (non-hydrogen) atoms. The lowest BCUT2D eigenvalue weighted by Crippen LogP contribution is -2.46. The molecule has 1 aromatic heterocycles. The lowest BCUT2D eigenvalue weighted by molar-refractivity contribution is 0.0600. The van der Waals surface area contributed by atoms with Crippen LogP contribution < -0.4 is 5.32 Å². The van der Waals surface area contributed by atoms with Gasteiger partial charge in [0.05, 0.1) is 17.6 Å². The summed E-state index contributed by atoms with van der Waals surface area (Å²) in [6, 6.07) is 7.61. The molecule has 3 rings (SSSR count). The van der Waals surface area contributed by atoms with Crippen LogP contribution in [0.25, 0.3) is 0 Å². The first-order chi connectivity index (χ1) is 13.7. The van der Waals surface area contributed by atoms with Crippen molar-refractivity contribution in [3.05, 3.63) is 53.0 Å². The molecule has 0 bridgehead atoms. The number of esters is 1. The highest BCUT2D eigenvalue weighted by Crippen LogP contribution is 2.24. The van der Waals surface area contributed by atoms with E-state index in [1.54, 1.807) is 26.0 Å². The van der Waals surface area contributed by atoms with Gasteiger partial charge in [0.2, 0.25) is 10.0 Å². The third kappa shape index (κ3) is 4.51. The van der Waals surface area contributed by atoms with Crippen LogP contribution >= 0.6 is 0 Å². The molecule has 1 amide bonds. The number of methoxy groups -OCH3 is 1. The first-order valence-corrected chi connectivity index (χ1v) is 10.7. The lowest BCUT2D eigenvalue weighted by atomic mass is 10.1. The molecular formula is C20H24N2O6S. The Bertz CT molecular complexity index is 1020. The van der Waals surface area contributed by atoms with Gasteiger partial charge in [-0.25, -0.2) is 13.2 Å². The molecule has 0 radical (unpaired) electrons. The second-order valence-electron chi connectivity index (χ2n) is 7.03. The fourth-order valence-electron chi connectivity index (χ4n) is 3.38. The number of rotatable bonds is 5. The topological polar surface area (TPSA) is 106 Å². The second-order valence-corrected chi connectivity index (χ2v) is 8.94. The monoisotopic (exact) mass is 420 g/mol. The number of benzene rings is 1. The van der Waals surface area contributed by atoms with Crippen LogP contribution in [0.4, 0.5) is 0 Å². The number of ether oxygens (including phenoxy) is 1. The van der Waals surface area contributed by atoms with Crippen LogP contribution in [0, 0.1) is 13.8 Å². The Kier molecular flexibility index (Phi) is 6.09. The minimum Gasteiger partial charge on any atom is -0.465 e. The first kappa shape index (κ1) is 21.1. The average molecular weight is 420 g/mol. The zero-order chi connectivity index (χ0) is 21.2. The van der Waals surface area contributed by atoms with E-state index in [0.29, 0.717) is 42.8 Å². The van der Waals surface area contributed by atoms with Crippen molar-refractivity contribution in [1.29, 1.82) is 0 Å². The van der Waals surface area contributed by atoms with Crippen molar-refractivity contribution in [3.8, 4) is 0 Å². The molecule has 2 heterocycles. The Morgan fingerprint density at radius 1 is 1.14 bits per heavy atom. The number of sulfonamides is 1. The largest absolute Gasteiger partial charge is 0.465 e. The van der Waals surface area contributed by atoms with Gasteiger partial charge < -0.3 is 14.5 Å². The summed E-state index contributed by atoms with van der Waals surface area (Å²) in [7, 11) is -2.42. The van der Waals surface area contributed by atoms with Crippen molar-refractivity contribution >= 4 is 21.9 Å². The highest BCUT2D eigenvalue weighted by atomic mass is 32.2. The van der Waals surface area contributed by atoms with Crippen molar-refractivity contribution in [2.75, 3.05) is 20.2 Å². The van der Waals surface area contributed by atoms with Gasteiger partial charge >= 0.3 is 5.97 Å². The summed E-state index contributed by atoms with van der Waals surface area (Å²) in [6.07, 6.45) is 1.01. The number of nitrogens with zero attached hydrogens (tertiary/aromatic N) is 1. The smallest absolute Gasteiger partial charge is 0.337 e. The van der Waals surface area contributed by atoms with Gasteiger partial charge in [0, 0.05) is 19.1 Å². The number of piperidine rings is 1. The number of carbonyl (C=O) groups is 2. The van der Waals surface area contributed by atoms with E-state index in [4.69, 9.17) is 4.42 Å². The summed E-state index contributed by atoms with van der Waals surface area (Å²) in [6.45, 7) is 4.00. The lowest BCUT2D eigenvalue weighted by Gasteiger charge is -2.31. The van der Waals surface area contributed by atoms with Gasteiger partial charge in [-0.3, -0.25) is 4.79 Å². The molecule has 0 saturated carbocycles. The molecule has 0 unspecified atom stereocenters. The number of hydrogen-bond acceptors (Lipinski definition) is 6. The van der Waals surface area contributed by atoms with Gasteiger partial charge in [0.1, 0.15) is 5.76 Å². The van der Waals surface area contributed by atoms with E-state index in [1.807, 2.05) is 0 Å². The van der Waals surface area contributed by atoms with E-state index in [0.717, 1.165) is 0 Å². The quantitative estimate of drug-likeness (QED) is 0.744. The Morgan fingerprint density at radius 2 is 1.83 bits per heavy atom. The summed E-state index contributed by atoms with van der Waals surface area (Å²) in [5.74, 6) is 0.0949. The normalized spacial score (nSPS) is 15.8. The predicted octanol–water partition coefficient (Wildman–Crippen LogP) is 2.27. The molecule has 9 heteroatoms. The van der Waals surface area contributed by atoms with E-state index in [9.17, 15) is 18.0 Å². The molecule has 0 atom stereocenters. The molecule has 0 spiro atoms. The first-order valence-electron chi connectivity index (χ1n) is 9.29. The highest BCUT2D eigenvalue weighted by Gasteiger charge is 2.31. The Morgan fingerprint density at radius 3 is 2.38 bits per heavy atom. The minimum absolute atomic E-state index is 0.123. The molecule has 1 saturated heterocycles. The molecule has 0 aliphatic carbocycles. The summed E-state index contributed by atoms with van der Waals surface area (Å²) < 4.78 is 37.4. The molecule has 1 fully saturated rings. The van der Waals surface area contributed by atoms with Crippen LogP contribution in [0.1, 0.15) is 45.1 Å². The van der Waals surface area contributed by atoms with E-state index in [1.165, 1.54) is 29.6 Å². The second kappa shape index (κ2) is 8.38. The number of aryl methyl sites for hydroxylation is 2. The summed E-state index contributed by atoms with van der Waals surface area (Å²) in [5.41, 5.74) is 0.787. The number of hydrogen-bond donors (Lipinski definition) is 1. The van der Waals surface area contributed by atoms with Crippen molar-refractivity contribution in [1.82, 2.24) is 9.62 Å². The summed E-state index contributed by atoms with van der Waals surface area (Å²) >= 11 is 0. The molecule has 1 aromatic carbocycles. The maximum Gasteiger partial charge on any atom is 0.337 e. The fraction of sp³-hybridized carbons (Fsp3) is 0.400. The van der Waals surface area contributed by atoms with Crippen LogP contribution in [0.3, 0.4) is 0 Å². The molecule has 1 aliphatic rings.